The molecule has 4 aromatic carbocycles. The fraction of sp³-hybridized carbons (Fsp3) is 0. The third kappa shape index (κ3) is 3.64. The van der Waals surface area contributed by atoms with Crippen LogP contribution in [-0.4, -0.2) is 19.1 Å². The first-order chi connectivity index (χ1) is 18.9. The van der Waals surface area contributed by atoms with Crippen molar-refractivity contribution in [3.8, 4) is 22.6 Å². The predicted octanol–water partition coefficient (Wildman–Crippen LogP) is 7.94. The van der Waals surface area contributed by atoms with Crippen LogP contribution in [0.1, 0.15) is 0 Å². The monoisotopic (exact) mass is 679 g/mol. The third-order valence-electron chi connectivity index (χ3n) is 7.17. The van der Waals surface area contributed by atoms with Gasteiger partial charge in [-0.3, -0.25) is 4.57 Å². The number of nitrogens with zero attached hydrogens (tertiary/aromatic N) is 4. The van der Waals surface area contributed by atoms with Gasteiger partial charge in [0.2, 0.25) is 0 Å². The molecule has 186 valence electrons. The van der Waals surface area contributed by atoms with E-state index >= 15 is 0 Å². The van der Waals surface area contributed by atoms with E-state index in [1.165, 1.54) is 0 Å². The summed E-state index contributed by atoms with van der Waals surface area (Å²) in [5.74, 6) is 0.849. The standard InChI is InChI=1S/C34H20N4.Pt/c1-2-11-23(12-3-1)24-13-10-14-25(21-24)37-30-17-6-4-15-26(30)28-22-29-27-16-5-7-18-31(27)38(34(29)36-33(28)37)32-19-8-9-20-35-32;/h1-11,13-20,22H;/q-2;+2. The molecule has 0 unspecified atom stereocenters. The zero-order valence-corrected chi connectivity index (χ0v) is 22.9. The predicted molar refractivity (Wildman–Crippen MR) is 154 cm³/mol. The Hall–Kier alpha value is -4.53. The van der Waals surface area contributed by atoms with Crippen LogP contribution in [0.5, 0.6) is 0 Å². The molecule has 0 aliphatic rings. The fourth-order valence-electron chi connectivity index (χ4n) is 5.52. The van der Waals surface area contributed by atoms with Crippen LogP contribution in [0.3, 0.4) is 0 Å². The van der Waals surface area contributed by atoms with Crippen molar-refractivity contribution in [1.82, 2.24) is 19.1 Å². The number of fused-ring (bicyclic) bond motifs is 6. The SMILES string of the molecule is [Pt+2].[c-]1ccccc1-c1[c-]c(-n2c3ccccc3c3cc4c5ccccc5n(-c5ccccn5)c4nc32)ccc1. The van der Waals surface area contributed by atoms with Gasteiger partial charge in [-0.05, 0) is 36.0 Å². The molecule has 5 heteroatoms. The van der Waals surface area contributed by atoms with Crippen molar-refractivity contribution >= 4 is 43.9 Å². The van der Waals surface area contributed by atoms with Gasteiger partial charge in [-0.25, -0.2) is 21.1 Å². The van der Waals surface area contributed by atoms with Crippen LogP contribution in [0.15, 0.2) is 121 Å². The summed E-state index contributed by atoms with van der Waals surface area (Å²) < 4.78 is 4.38. The number of rotatable bonds is 3. The largest absolute Gasteiger partial charge is 2.00 e. The maximum absolute atomic E-state index is 5.37. The molecular weight excluding hydrogens is 659 g/mol. The van der Waals surface area contributed by atoms with Crippen LogP contribution < -0.4 is 0 Å². The van der Waals surface area contributed by atoms with Gasteiger partial charge >= 0.3 is 21.1 Å². The normalized spacial score (nSPS) is 11.4. The van der Waals surface area contributed by atoms with E-state index in [0.717, 1.165) is 66.5 Å². The molecule has 0 aliphatic carbocycles. The van der Waals surface area contributed by atoms with Gasteiger partial charge in [0.25, 0.3) is 0 Å². The second kappa shape index (κ2) is 9.34. The maximum atomic E-state index is 5.37. The molecule has 4 aromatic heterocycles. The van der Waals surface area contributed by atoms with Crippen molar-refractivity contribution in [2.45, 2.75) is 0 Å². The van der Waals surface area contributed by atoms with Gasteiger partial charge in [0.1, 0.15) is 17.1 Å². The van der Waals surface area contributed by atoms with Crippen LogP contribution in [-0.2, 0) is 21.1 Å². The number of pyridine rings is 2. The summed E-state index contributed by atoms with van der Waals surface area (Å²) in [5.41, 5.74) is 6.92. The zero-order chi connectivity index (χ0) is 25.1. The molecule has 0 saturated heterocycles. The minimum absolute atomic E-state index is 0. The summed E-state index contributed by atoms with van der Waals surface area (Å²) >= 11 is 0. The second-order valence-electron chi connectivity index (χ2n) is 9.35. The molecular formula is C34H20N4Pt. The molecule has 0 N–H and O–H groups in total. The van der Waals surface area contributed by atoms with E-state index in [4.69, 9.17) is 4.98 Å². The molecule has 0 radical (unpaired) electrons. The number of benzene rings is 4. The quantitative estimate of drug-likeness (QED) is 0.178. The Kier molecular flexibility index (Phi) is 5.64. The molecule has 4 heterocycles. The molecule has 0 saturated carbocycles. The van der Waals surface area contributed by atoms with Crippen molar-refractivity contribution in [3.05, 3.63) is 134 Å². The minimum atomic E-state index is 0. The van der Waals surface area contributed by atoms with Crippen molar-refractivity contribution in [1.29, 1.82) is 0 Å². The van der Waals surface area contributed by atoms with Crippen LogP contribution in [0.4, 0.5) is 0 Å². The van der Waals surface area contributed by atoms with E-state index < -0.39 is 0 Å². The first-order valence-electron chi connectivity index (χ1n) is 12.6. The minimum Gasteiger partial charge on any atom is -0.313 e. The van der Waals surface area contributed by atoms with Gasteiger partial charge in [0, 0.05) is 27.7 Å². The van der Waals surface area contributed by atoms with Crippen LogP contribution in [0.25, 0.3) is 66.5 Å². The van der Waals surface area contributed by atoms with Crippen LogP contribution in [0.2, 0.25) is 0 Å². The van der Waals surface area contributed by atoms with Gasteiger partial charge in [-0.2, -0.15) is 42.5 Å². The van der Waals surface area contributed by atoms with E-state index in [9.17, 15) is 0 Å². The molecule has 0 spiro atoms. The maximum Gasteiger partial charge on any atom is 2.00 e. The second-order valence-corrected chi connectivity index (χ2v) is 9.35. The Morgan fingerprint density at radius 3 is 1.95 bits per heavy atom. The first-order valence-corrected chi connectivity index (χ1v) is 12.6. The fourth-order valence-corrected chi connectivity index (χ4v) is 5.52. The molecule has 0 bridgehead atoms. The van der Waals surface area contributed by atoms with Crippen molar-refractivity contribution < 1.29 is 21.1 Å². The Labute approximate surface area is 239 Å². The summed E-state index contributed by atoms with van der Waals surface area (Å²) in [6, 6.07) is 46.4. The van der Waals surface area contributed by atoms with E-state index in [1.54, 1.807) is 0 Å². The topological polar surface area (TPSA) is 35.6 Å². The number of para-hydroxylation sites is 2. The first kappa shape index (κ1) is 23.6. The Morgan fingerprint density at radius 2 is 1.23 bits per heavy atom. The van der Waals surface area contributed by atoms with E-state index in [1.807, 2.05) is 42.6 Å². The van der Waals surface area contributed by atoms with Gasteiger partial charge in [0.15, 0.2) is 0 Å². The molecule has 4 nitrogen and oxygen atoms in total. The summed E-state index contributed by atoms with van der Waals surface area (Å²) in [6.45, 7) is 0. The van der Waals surface area contributed by atoms with Crippen molar-refractivity contribution in [2.75, 3.05) is 0 Å². The zero-order valence-electron chi connectivity index (χ0n) is 20.7. The van der Waals surface area contributed by atoms with Crippen molar-refractivity contribution in [2.24, 2.45) is 0 Å². The molecule has 8 rings (SSSR count). The van der Waals surface area contributed by atoms with Gasteiger partial charge in [-0.1, -0.05) is 42.5 Å². The average molecular weight is 680 g/mol. The van der Waals surface area contributed by atoms with Crippen LogP contribution in [0, 0.1) is 12.1 Å². The Bertz CT molecular complexity index is 2130. The Morgan fingerprint density at radius 1 is 0.564 bits per heavy atom. The molecule has 39 heavy (non-hydrogen) atoms. The van der Waals surface area contributed by atoms with Gasteiger partial charge in [-0.15, -0.1) is 12.1 Å². The van der Waals surface area contributed by atoms with Crippen LogP contribution >= 0.6 is 0 Å². The molecule has 0 atom stereocenters. The van der Waals surface area contributed by atoms with E-state index in [2.05, 4.69) is 105 Å². The summed E-state index contributed by atoms with van der Waals surface area (Å²) in [4.78, 5) is 10.0. The van der Waals surface area contributed by atoms with Crippen molar-refractivity contribution in [3.63, 3.8) is 0 Å². The molecule has 0 aliphatic heterocycles. The van der Waals surface area contributed by atoms with E-state index in [-0.39, 0.29) is 21.1 Å². The van der Waals surface area contributed by atoms with Gasteiger partial charge in [0.05, 0.1) is 11.0 Å². The number of aromatic nitrogens is 4. The summed E-state index contributed by atoms with van der Waals surface area (Å²) in [6.07, 6.45) is 1.83. The molecule has 0 fully saturated rings. The summed E-state index contributed by atoms with van der Waals surface area (Å²) in [5, 5.41) is 4.55. The average Bonchev–Trinajstić information content (AvgIpc) is 3.49. The van der Waals surface area contributed by atoms with E-state index in [0.29, 0.717) is 0 Å². The Balaban J connectivity index is 0.00000253. The summed E-state index contributed by atoms with van der Waals surface area (Å²) in [7, 11) is 0. The number of hydrogen-bond donors (Lipinski definition) is 0. The smallest absolute Gasteiger partial charge is 0.313 e. The van der Waals surface area contributed by atoms with Gasteiger partial charge < -0.3 is 4.57 Å². The third-order valence-corrected chi connectivity index (χ3v) is 7.17. The molecule has 8 aromatic rings. The molecule has 0 amide bonds. The number of hydrogen-bond acceptors (Lipinski definition) is 2.